The lowest BCUT2D eigenvalue weighted by Crippen LogP contribution is -2.02. The molecule has 5 heteroatoms. The van der Waals surface area contributed by atoms with Crippen LogP contribution in [-0.4, -0.2) is 9.13 Å². The maximum Gasteiger partial charge on any atom is 0.0998 e. The van der Waals surface area contributed by atoms with Gasteiger partial charge in [-0.3, -0.25) is 0 Å². The van der Waals surface area contributed by atoms with Crippen molar-refractivity contribution >= 4 is 54.8 Å². The van der Waals surface area contributed by atoms with Crippen LogP contribution in [0.15, 0.2) is 140 Å². The van der Waals surface area contributed by atoms with E-state index < -0.39 is 0 Å². The van der Waals surface area contributed by atoms with Crippen LogP contribution in [0, 0.1) is 34.0 Å². The Morgan fingerprint density at radius 2 is 1.16 bits per heavy atom. The first-order valence-electron chi connectivity index (χ1n) is 16.4. The summed E-state index contributed by atoms with van der Waals surface area (Å²) in [5.41, 5.74) is 11.2. The second-order valence-electron chi connectivity index (χ2n) is 12.3. The van der Waals surface area contributed by atoms with E-state index in [1.165, 1.54) is 0 Å². The second-order valence-corrected chi connectivity index (χ2v) is 12.3. The zero-order chi connectivity index (χ0) is 34.4. The number of para-hydroxylation sites is 3. The Morgan fingerprint density at radius 1 is 0.560 bits per heavy atom. The van der Waals surface area contributed by atoms with E-state index in [0.29, 0.717) is 16.7 Å². The average molecular weight is 640 g/mol. The maximum absolute atomic E-state index is 10.4. The Kier molecular flexibility index (Phi) is 7.34. The average Bonchev–Trinajstić information content (AvgIpc) is 3.69. The third-order valence-electron chi connectivity index (χ3n) is 9.52. The van der Waals surface area contributed by atoms with Gasteiger partial charge >= 0.3 is 0 Å². The molecule has 0 N–H and O–H groups in total. The van der Waals surface area contributed by atoms with Crippen LogP contribution in [0.25, 0.3) is 66.1 Å². The van der Waals surface area contributed by atoms with Crippen LogP contribution in [0.2, 0.25) is 0 Å². The highest BCUT2D eigenvalue weighted by molar-refractivity contribution is 6.11. The molecule has 8 rings (SSSR count). The molecule has 6 aromatic carbocycles. The number of nitrogens with zero attached hydrogens (tertiary/aromatic N) is 5. The summed E-state index contributed by atoms with van der Waals surface area (Å²) in [6.45, 7) is 4.04. The third-order valence-corrected chi connectivity index (χ3v) is 9.52. The molecule has 2 aromatic heterocycles. The predicted octanol–water partition coefficient (Wildman–Crippen LogP) is 11.0. The molecule has 0 aliphatic carbocycles. The summed E-state index contributed by atoms with van der Waals surface area (Å²) in [4.78, 5) is 0. The van der Waals surface area contributed by atoms with Crippen molar-refractivity contribution in [3.05, 3.63) is 167 Å². The lowest BCUT2D eigenvalue weighted by molar-refractivity contribution is 1.16. The highest BCUT2D eigenvalue weighted by Crippen LogP contribution is 2.38. The second kappa shape index (κ2) is 12.1. The van der Waals surface area contributed by atoms with Crippen molar-refractivity contribution in [2.45, 2.75) is 13.8 Å². The van der Waals surface area contributed by atoms with E-state index in [2.05, 4.69) is 94.1 Å². The molecule has 50 heavy (non-hydrogen) atoms. The number of rotatable bonds is 5. The van der Waals surface area contributed by atoms with Gasteiger partial charge in [-0.2, -0.15) is 15.8 Å². The topological polar surface area (TPSA) is 81.2 Å². The van der Waals surface area contributed by atoms with Gasteiger partial charge in [-0.05, 0) is 97.3 Å². The number of allylic oxidation sites excluding steroid dienone is 4. The van der Waals surface area contributed by atoms with E-state index in [9.17, 15) is 15.8 Å². The zero-order valence-corrected chi connectivity index (χ0v) is 27.5. The number of hydrogen-bond donors (Lipinski definition) is 0. The van der Waals surface area contributed by atoms with Crippen molar-refractivity contribution in [2.24, 2.45) is 0 Å². The number of fused-ring (bicyclic) bond motifs is 6. The molecule has 234 valence electrons. The van der Waals surface area contributed by atoms with E-state index in [4.69, 9.17) is 0 Å². The maximum atomic E-state index is 10.4. The summed E-state index contributed by atoms with van der Waals surface area (Å²) in [6, 6.07) is 49.5. The van der Waals surface area contributed by atoms with Crippen LogP contribution in [0.5, 0.6) is 0 Å². The molecule has 0 spiro atoms. The summed E-state index contributed by atoms with van der Waals surface area (Å²) in [7, 11) is 0. The Balaban J connectivity index is 1.32. The number of hydrogen-bond acceptors (Lipinski definition) is 3. The summed E-state index contributed by atoms with van der Waals surface area (Å²) in [6.07, 6.45) is 4.16. The Morgan fingerprint density at radius 3 is 1.78 bits per heavy atom. The largest absolute Gasteiger partial charge is 0.309 e. The molecule has 0 saturated heterocycles. The van der Waals surface area contributed by atoms with Gasteiger partial charge in [-0.15, -0.1) is 0 Å². The molecule has 0 aliphatic rings. The number of aromatic nitrogens is 2. The molecular weight excluding hydrogens is 611 g/mol. The van der Waals surface area contributed by atoms with Crippen molar-refractivity contribution in [1.82, 2.24) is 9.13 Å². The summed E-state index contributed by atoms with van der Waals surface area (Å²) >= 11 is 0. The highest BCUT2D eigenvalue weighted by atomic mass is 15.0. The molecule has 0 amide bonds. The van der Waals surface area contributed by atoms with Gasteiger partial charge in [0.15, 0.2) is 0 Å². The summed E-state index contributed by atoms with van der Waals surface area (Å²) < 4.78 is 4.41. The fourth-order valence-electron chi connectivity index (χ4n) is 7.27. The molecule has 0 unspecified atom stereocenters. The standard InChI is InChI=1S/C45H29N5/c1-3-32(45-33(28-48)11-10-18-44(45)50-41-16-8-4-12-36(41)37-13-5-9-17-42(37)50)21-29(2)34-22-31(27-47)23-35(25-34)49-40-15-7-6-14-38(40)39-24-30(26-46)19-20-43(39)49/h3-25H,1-2H3/b29-21+,32-3+. The van der Waals surface area contributed by atoms with Crippen LogP contribution in [0.4, 0.5) is 0 Å². The lowest BCUT2D eigenvalue weighted by atomic mass is 9.94. The molecule has 0 saturated carbocycles. The Labute approximate surface area is 289 Å². The van der Waals surface area contributed by atoms with Crippen molar-refractivity contribution < 1.29 is 0 Å². The molecule has 0 radical (unpaired) electrons. The first kappa shape index (κ1) is 30.2. The fourth-order valence-corrected chi connectivity index (χ4v) is 7.27. The molecule has 0 bridgehead atoms. The van der Waals surface area contributed by atoms with Gasteiger partial charge in [0.25, 0.3) is 0 Å². The van der Waals surface area contributed by atoms with Crippen LogP contribution < -0.4 is 0 Å². The molecule has 5 nitrogen and oxygen atoms in total. The van der Waals surface area contributed by atoms with Crippen LogP contribution in [-0.2, 0) is 0 Å². The summed E-state index contributed by atoms with van der Waals surface area (Å²) in [5, 5.41) is 34.5. The minimum Gasteiger partial charge on any atom is -0.309 e. The van der Waals surface area contributed by atoms with Crippen LogP contribution in [0.3, 0.4) is 0 Å². The molecule has 0 fully saturated rings. The predicted molar refractivity (Wildman–Crippen MR) is 203 cm³/mol. The van der Waals surface area contributed by atoms with Crippen molar-refractivity contribution in [3.63, 3.8) is 0 Å². The monoisotopic (exact) mass is 639 g/mol. The fraction of sp³-hybridized carbons (Fsp3) is 0.0444. The van der Waals surface area contributed by atoms with Gasteiger partial charge in [-0.1, -0.05) is 72.8 Å². The van der Waals surface area contributed by atoms with Crippen molar-refractivity contribution in [3.8, 4) is 29.6 Å². The molecule has 2 heterocycles. The first-order valence-corrected chi connectivity index (χ1v) is 16.4. The normalized spacial score (nSPS) is 12.0. The zero-order valence-electron chi connectivity index (χ0n) is 27.5. The first-order chi connectivity index (χ1) is 24.5. The third kappa shape index (κ3) is 4.76. The highest BCUT2D eigenvalue weighted by Gasteiger charge is 2.19. The Hall–Kier alpha value is -7.13. The lowest BCUT2D eigenvalue weighted by Gasteiger charge is -2.17. The van der Waals surface area contributed by atoms with E-state index >= 15 is 0 Å². The van der Waals surface area contributed by atoms with E-state index in [1.54, 1.807) is 0 Å². The minimum atomic E-state index is 0.537. The Bertz CT molecular complexity index is 2820. The molecule has 0 aliphatic heterocycles. The molecule has 0 atom stereocenters. The van der Waals surface area contributed by atoms with Crippen LogP contribution >= 0.6 is 0 Å². The SMILES string of the molecule is C/C=C(\C=C(/C)c1cc(C#N)cc(-n2c3ccccc3c3cc(C#N)ccc32)c1)c1c(C#N)cccc1-n1c2ccccc2c2ccccc21. The number of nitriles is 3. The van der Waals surface area contributed by atoms with Gasteiger partial charge in [0.2, 0.25) is 0 Å². The van der Waals surface area contributed by atoms with Gasteiger partial charge < -0.3 is 9.13 Å². The smallest absolute Gasteiger partial charge is 0.0998 e. The number of benzene rings is 6. The van der Waals surface area contributed by atoms with Gasteiger partial charge in [0.05, 0.1) is 62.7 Å². The quantitative estimate of drug-likeness (QED) is 0.176. The van der Waals surface area contributed by atoms with Gasteiger partial charge in [0.1, 0.15) is 0 Å². The summed E-state index contributed by atoms with van der Waals surface area (Å²) in [5.74, 6) is 0. The van der Waals surface area contributed by atoms with Crippen LogP contribution in [0.1, 0.15) is 41.7 Å². The van der Waals surface area contributed by atoms with Crippen molar-refractivity contribution in [1.29, 1.82) is 15.8 Å². The van der Waals surface area contributed by atoms with Crippen molar-refractivity contribution in [2.75, 3.05) is 0 Å². The van der Waals surface area contributed by atoms with Gasteiger partial charge in [0, 0.05) is 32.8 Å². The minimum absolute atomic E-state index is 0.537. The molecule has 8 aromatic rings. The van der Waals surface area contributed by atoms with E-state index in [-0.39, 0.29) is 0 Å². The van der Waals surface area contributed by atoms with Gasteiger partial charge in [-0.25, -0.2) is 0 Å². The molecular formula is C45H29N5. The van der Waals surface area contributed by atoms with E-state index in [0.717, 1.165) is 77.3 Å². The van der Waals surface area contributed by atoms with E-state index in [1.807, 2.05) is 86.7 Å².